The van der Waals surface area contributed by atoms with Gasteiger partial charge in [0.1, 0.15) is 0 Å². The van der Waals surface area contributed by atoms with Crippen molar-refractivity contribution in [1.82, 2.24) is 0 Å². The third kappa shape index (κ3) is 4.11. The van der Waals surface area contributed by atoms with E-state index in [9.17, 15) is 0 Å². The second kappa shape index (κ2) is 9.74. The molecular formula is C32H34. The SMILES string of the molecule is C=CCCCCCCC(CC1C=Cc2ccccc21)C1c2ccccc2-c2ccccc21. The van der Waals surface area contributed by atoms with Crippen molar-refractivity contribution in [2.75, 3.05) is 0 Å². The van der Waals surface area contributed by atoms with Crippen molar-refractivity contribution in [3.63, 3.8) is 0 Å². The second-order valence-electron chi connectivity index (χ2n) is 9.52. The van der Waals surface area contributed by atoms with E-state index in [-0.39, 0.29) is 0 Å². The molecule has 0 nitrogen and oxygen atoms in total. The van der Waals surface area contributed by atoms with Crippen molar-refractivity contribution in [2.45, 2.75) is 56.8 Å². The summed E-state index contributed by atoms with van der Waals surface area (Å²) in [6.45, 7) is 3.87. The molecule has 2 unspecified atom stereocenters. The number of allylic oxidation sites excluding steroid dienone is 2. The Balaban J connectivity index is 1.42. The van der Waals surface area contributed by atoms with Crippen LogP contribution in [0.15, 0.2) is 91.5 Å². The lowest BCUT2D eigenvalue weighted by molar-refractivity contribution is 0.376. The van der Waals surface area contributed by atoms with Crippen LogP contribution in [0.5, 0.6) is 0 Å². The van der Waals surface area contributed by atoms with Gasteiger partial charge in [0.2, 0.25) is 0 Å². The van der Waals surface area contributed by atoms with Gasteiger partial charge in [0, 0.05) is 11.8 Å². The fourth-order valence-corrected chi connectivity index (χ4v) is 6.03. The molecule has 32 heavy (non-hydrogen) atoms. The minimum Gasteiger partial charge on any atom is -0.103 e. The Hall–Kier alpha value is -2.86. The maximum absolute atomic E-state index is 3.87. The van der Waals surface area contributed by atoms with E-state index in [1.54, 1.807) is 11.1 Å². The second-order valence-corrected chi connectivity index (χ2v) is 9.52. The summed E-state index contributed by atoms with van der Waals surface area (Å²) in [7, 11) is 0. The number of hydrogen-bond donors (Lipinski definition) is 0. The predicted octanol–water partition coefficient (Wildman–Crippen LogP) is 9.14. The van der Waals surface area contributed by atoms with Gasteiger partial charge in [-0.05, 0) is 65.0 Å². The first-order valence-electron chi connectivity index (χ1n) is 12.4. The predicted molar refractivity (Wildman–Crippen MR) is 138 cm³/mol. The van der Waals surface area contributed by atoms with Crippen molar-refractivity contribution in [3.05, 3.63) is 114 Å². The van der Waals surface area contributed by atoms with E-state index >= 15 is 0 Å². The van der Waals surface area contributed by atoms with E-state index in [0.717, 1.165) is 6.42 Å². The summed E-state index contributed by atoms with van der Waals surface area (Å²) in [4.78, 5) is 0. The molecule has 0 heterocycles. The zero-order chi connectivity index (χ0) is 21.8. The Kier molecular flexibility index (Phi) is 6.39. The molecule has 0 spiro atoms. The normalized spacial score (nSPS) is 17.1. The molecular weight excluding hydrogens is 384 g/mol. The first-order chi connectivity index (χ1) is 15.9. The molecule has 0 N–H and O–H groups in total. The lowest BCUT2D eigenvalue weighted by atomic mass is 9.75. The maximum atomic E-state index is 3.87. The van der Waals surface area contributed by atoms with E-state index in [0.29, 0.717) is 17.8 Å². The van der Waals surface area contributed by atoms with Crippen LogP contribution in [0.1, 0.15) is 79.0 Å². The van der Waals surface area contributed by atoms with E-state index in [2.05, 4.69) is 97.6 Å². The molecule has 0 fully saturated rings. The Bertz CT molecular complexity index is 1060. The summed E-state index contributed by atoms with van der Waals surface area (Å²) in [5.74, 6) is 1.70. The van der Waals surface area contributed by atoms with Gasteiger partial charge in [0.05, 0.1) is 0 Å². The molecule has 2 aliphatic rings. The Morgan fingerprint density at radius 2 is 1.34 bits per heavy atom. The molecule has 0 bridgehead atoms. The van der Waals surface area contributed by atoms with Gasteiger partial charge in [-0.3, -0.25) is 0 Å². The maximum Gasteiger partial charge on any atom is 0.0130 e. The minimum absolute atomic E-state index is 0.511. The third-order valence-corrected chi connectivity index (χ3v) is 7.55. The number of benzene rings is 3. The van der Waals surface area contributed by atoms with Gasteiger partial charge >= 0.3 is 0 Å². The van der Waals surface area contributed by atoms with E-state index in [1.165, 1.54) is 60.8 Å². The average Bonchev–Trinajstić information content (AvgIpc) is 3.40. The van der Waals surface area contributed by atoms with Crippen molar-refractivity contribution in [3.8, 4) is 11.1 Å². The first kappa shape index (κ1) is 21.0. The lowest BCUT2D eigenvalue weighted by Gasteiger charge is -2.28. The molecule has 0 aliphatic heterocycles. The van der Waals surface area contributed by atoms with Crippen molar-refractivity contribution in [2.24, 2.45) is 5.92 Å². The topological polar surface area (TPSA) is 0 Å². The van der Waals surface area contributed by atoms with Crippen LogP contribution in [0.25, 0.3) is 17.2 Å². The van der Waals surface area contributed by atoms with E-state index in [4.69, 9.17) is 0 Å². The zero-order valence-corrected chi connectivity index (χ0v) is 19.0. The Morgan fingerprint density at radius 3 is 2.06 bits per heavy atom. The Morgan fingerprint density at radius 1 is 0.719 bits per heavy atom. The zero-order valence-electron chi connectivity index (χ0n) is 19.0. The smallest absolute Gasteiger partial charge is 0.0130 e. The molecule has 0 radical (unpaired) electrons. The molecule has 3 aromatic carbocycles. The van der Waals surface area contributed by atoms with Gasteiger partial charge in [-0.15, -0.1) is 6.58 Å². The summed E-state index contributed by atoms with van der Waals surface area (Å²) < 4.78 is 0. The fourth-order valence-electron chi connectivity index (χ4n) is 6.03. The number of fused-ring (bicyclic) bond motifs is 4. The van der Waals surface area contributed by atoms with Crippen LogP contribution < -0.4 is 0 Å². The largest absolute Gasteiger partial charge is 0.103 e. The molecule has 0 saturated carbocycles. The van der Waals surface area contributed by atoms with Gasteiger partial charge in [0.25, 0.3) is 0 Å². The third-order valence-electron chi connectivity index (χ3n) is 7.55. The van der Waals surface area contributed by atoms with E-state index in [1.807, 2.05) is 0 Å². The highest BCUT2D eigenvalue weighted by atomic mass is 14.4. The molecule has 0 heteroatoms. The van der Waals surface area contributed by atoms with Gasteiger partial charge in [-0.2, -0.15) is 0 Å². The summed E-state index contributed by atoms with van der Waals surface area (Å²) in [6, 6.07) is 27.2. The minimum atomic E-state index is 0.511. The molecule has 2 atom stereocenters. The first-order valence-corrected chi connectivity index (χ1v) is 12.4. The molecule has 2 aliphatic carbocycles. The van der Waals surface area contributed by atoms with Gasteiger partial charge in [0.15, 0.2) is 0 Å². The summed E-state index contributed by atoms with van der Waals surface area (Å²) >= 11 is 0. The number of hydrogen-bond acceptors (Lipinski definition) is 0. The summed E-state index contributed by atoms with van der Waals surface area (Å²) in [5, 5.41) is 0. The summed E-state index contributed by atoms with van der Waals surface area (Å²) in [5.41, 5.74) is 8.91. The van der Waals surface area contributed by atoms with Gasteiger partial charge in [-0.25, -0.2) is 0 Å². The van der Waals surface area contributed by atoms with Crippen molar-refractivity contribution < 1.29 is 0 Å². The number of unbranched alkanes of at least 4 members (excludes halogenated alkanes) is 4. The molecule has 0 saturated heterocycles. The van der Waals surface area contributed by atoms with Crippen LogP contribution in [0, 0.1) is 5.92 Å². The van der Waals surface area contributed by atoms with Gasteiger partial charge < -0.3 is 0 Å². The standard InChI is InChI=1S/C32H34/c1-2-3-4-5-6-7-15-26(23-25-22-21-24-14-8-9-16-27(24)25)32-30-19-12-10-17-28(30)29-18-11-13-20-31(29)32/h2,8-14,16-22,25-26,32H,1,3-7,15,23H2. The summed E-state index contributed by atoms with van der Waals surface area (Å²) in [6.07, 6.45) is 15.8. The molecule has 3 aromatic rings. The highest BCUT2D eigenvalue weighted by molar-refractivity contribution is 5.79. The van der Waals surface area contributed by atoms with Crippen LogP contribution in [-0.4, -0.2) is 0 Å². The quantitative estimate of drug-likeness (QED) is 0.227. The van der Waals surface area contributed by atoms with Gasteiger partial charge in [-0.1, -0.05) is 110 Å². The van der Waals surface area contributed by atoms with Crippen molar-refractivity contribution >= 4 is 6.08 Å². The highest BCUT2D eigenvalue weighted by Gasteiger charge is 2.35. The van der Waals surface area contributed by atoms with Crippen LogP contribution in [0.2, 0.25) is 0 Å². The molecule has 0 amide bonds. The van der Waals surface area contributed by atoms with Crippen molar-refractivity contribution in [1.29, 1.82) is 0 Å². The van der Waals surface area contributed by atoms with Crippen LogP contribution in [0.4, 0.5) is 0 Å². The molecule has 5 rings (SSSR count). The Labute approximate surface area is 193 Å². The van der Waals surface area contributed by atoms with Crippen LogP contribution in [-0.2, 0) is 0 Å². The van der Waals surface area contributed by atoms with Crippen LogP contribution in [0.3, 0.4) is 0 Å². The average molecular weight is 419 g/mol. The number of rotatable bonds is 10. The lowest BCUT2D eigenvalue weighted by Crippen LogP contribution is -2.15. The molecule has 162 valence electrons. The van der Waals surface area contributed by atoms with Crippen LogP contribution >= 0.6 is 0 Å². The monoisotopic (exact) mass is 418 g/mol. The highest BCUT2D eigenvalue weighted by Crippen LogP contribution is 2.51. The van der Waals surface area contributed by atoms with E-state index < -0.39 is 0 Å². The molecule has 0 aromatic heterocycles. The fraction of sp³-hybridized carbons (Fsp3) is 0.312.